The van der Waals surface area contributed by atoms with E-state index >= 15 is 0 Å². The topological polar surface area (TPSA) is 89.0 Å². The number of carbonyl (C=O) groups excluding carboxylic acids is 2. The number of aryl methyl sites for hydroxylation is 2. The van der Waals surface area contributed by atoms with Gasteiger partial charge in [-0.3, -0.25) is 9.59 Å². The predicted molar refractivity (Wildman–Crippen MR) is 129 cm³/mol. The molecule has 1 N–H and O–H groups in total. The second-order valence-corrected chi connectivity index (χ2v) is 9.25. The highest BCUT2D eigenvalue weighted by Gasteiger charge is 2.44. The van der Waals surface area contributed by atoms with Crippen molar-refractivity contribution in [3.8, 4) is 11.5 Å². The molecule has 4 rings (SSSR count). The lowest BCUT2D eigenvalue weighted by Gasteiger charge is -2.27. The number of ketones is 1. The number of halogens is 1. The van der Waals surface area contributed by atoms with E-state index in [1.807, 2.05) is 6.92 Å². The van der Waals surface area contributed by atoms with Crippen LogP contribution in [0, 0.1) is 19.7 Å². The maximum Gasteiger partial charge on any atom is 0.290 e. The first-order valence-corrected chi connectivity index (χ1v) is 11.8. The van der Waals surface area contributed by atoms with Crippen molar-refractivity contribution in [1.29, 1.82) is 0 Å². The van der Waals surface area contributed by atoms with Gasteiger partial charge in [0.15, 0.2) is 17.3 Å². The zero-order valence-corrected chi connectivity index (χ0v) is 20.6. The Balaban J connectivity index is 1.84. The van der Waals surface area contributed by atoms with E-state index in [4.69, 9.17) is 9.47 Å². The summed E-state index contributed by atoms with van der Waals surface area (Å²) in [5.74, 6) is -1.21. The van der Waals surface area contributed by atoms with Gasteiger partial charge in [0.1, 0.15) is 5.82 Å². The summed E-state index contributed by atoms with van der Waals surface area (Å²) in [5, 5.41) is 11.6. The first-order chi connectivity index (χ1) is 16.7. The number of Topliss-reactive ketones (excluding diaryl/α,β-unsaturated/α-hetero) is 1. The zero-order chi connectivity index (χ0) is 25.3. The number of benzene rings is 2. The van der Waals surface area contributed by atoms with Crippen molar-refractivity contribution in [2.24, 2.45) is 0 Å². The fraction of sp³-hybridized carbons (Fsp3) is 0.269. The minimum atomic E-state index is -0.896. The first-order valence-electron chi connectivity index (χ1n) is 11.0. The van der Waals surface area contributed by atoms with Crippen molar-refractivity contribution in [3.05, 3.63) is 86.3 Å². The van der Waals surface area contributed by atoms with Gasteiger partial charge in [-0.2, -0.15) is 0 Å². The Kier molecular flexibility index (Phi) is 6.88. The summed E-state index contributed by atoms with van der Waals surface area (Å²) in [6.07, 6.45) is 0. The van der Waals surface area contributed by atoms with Gasteiger partial charge in [-0.1, -0.05) is 18.2 Å². The lowest BCUT2D eigenvalue weighted by Crippen LogP contribution is -2.30. The van der Waals surface area contributed by atoms with Crippen LogP contribution >= 0.6 is 11.3 Å². The molecule has 1 aromatic heterocycles. The van der Waals surface area contributed by atoms with Gasteiger partial charge in [0.25, 0.3) is 5.91 Å². The molecule has 1 atom stereocenters. The van der Waals surface area contributed by atoms with Crippen LogP contribution in [0.1, 0.15) is 44.5 Å². The number of methoxy groups -OCH3 is 1. The summed E-state index contributed by atoms with van der Waals surface area (Å²) in [6.45, 7) is 5.79. The molecule has 0 saturated carbocycles. The third kappa shape index (κ3) is 4.64. The fourth-order valence-corrected chi connectivity index (χ4v) is 5.05. The molecule has 182 valence electrons. The summed E-state index contributed by atoms with van der Waals surface area (Å²) >= 11 is 1.21. The molecule has 9 heteroatoms. The molecule has 0 saturated heterocycles. The van der Waals surface area contributed by atoms with Crippen molar-refractivity contribution in [2.75, 3.05) is 13.7 Å². The molecule has 3 aromatic rings. The molecule has 1 aliphatic heterocycles. The Morgan fingerprint density at radius 1 is 1.17 bits per heavy atom. The molecule has 0 spiro atoms. The Bertz CT molecular complexity index is 1320. The highest BCUT2D eigenvalue weighted by atomic mass is 32.1. The second kappa shape index (κ2) is 9.87. The largest absolute Gasteiger partial charge is 0.503 e. The number of aromatic nitrogens is 1. The molecule has 0 aliphatic carbocycles. The maximum atomic E-state index is 13.7. The van der Waals surface area contributed by atoms with Gasteiger partial charge in [0.2, 0.25) is 5.78 Å². The van der Waals surface area contributed by atoms with E-state index in [0.717, 1.165) is 0 Å². The van der Waals surface area contributed by atoms with Gasteiger partial charge in [-0.05, 0) is 56.2 Å². The number of aliphatic hydroxyl groups is 1. The molecular weight excluding hydrogens is 471 g/mol. The Labute approximate surface area is 206 Å². The average molecular weight is 497 g/mol. The molecule has 0 radical (unpaired) electrons. The highest BCUT2D eigenvalue weighted by molar-refractivity contribution is 7.14. The number of hydrogen-bond donors (Lipinski definition) is 1. The van der Waals surface area contributed by atoms with E-state index in [-0.39, 0.29) is 12.1 Å². The molecule has 35 heavy (non-hydrogen) atoms. The number of thiazole rings is 1. The summed E-state index contributed by atoms with van der Waals surface area (Å²) in [6, 6.07) is 9.96. The van der Waals surface area contributed by atoms with Crippen LogP contribution in [-0.4, -0.2) is 40.4 Å². The van der Waals surface area contributed by atoms with Crippen LogP contribution in [0.4, 0.5) is 4.39 Å². The van der Waals surface area contributed by atoms with E-state index in [0.29, 0.717) is 44.8 Å². The number of carbonyl (C=O) groups is 2. The van der Waals surface area contributed by atoms with Crippen molar-refractivity contribution < 1.29 is 28.6 Å². The van der Waals surface area contributed by atoms with Gasteiger partial charge in [0.05, 0.1) is 40.9 Å². The van der Waals surface area contributed by atoms with Crippen LogP contribution in [0.3, 0.4) is 0 Å². The summed E-state index contributed by atoms with van der Waals surface area (Å²) in [5.41, 5.74) is 1.72. The normalized spacial score (nSPS) is 15.6. The average Bonchev–Trinajstić information content (AvgIpc) is 3.30. The van der Waals surface area contributed by atoms with E-state index < -0.39 is 29.3 Å². The molecule has 0 bridgehead atoms. The quantitative estimate of drug-likeness (QED) is 0.437. The number of rotatable bonds is 8. The Morgan fingerprint density at radius 3 is 2.49 bits per heavy atom. The highest BCUT2D eigenvalue weighted by Crippen LogP contribution is 2.43. The van der Waals surface area contributed by atoms with Crippen molar-refractivity contribution >= 4 is 23.0 Å². The SMILES string of the molecule is CCOc1cc(C2C(C(=O)c3sc(C)nc3C)=C(O)C(=O)N2Cc2ccc(F)cc2)ccc1OC. The van der Waals surface area contributed by atoms with E-state index in [1.54, 1.807) is 44.2 Å². The van der Waals surface area contributed by atoms with Gasteiger partial charge >= 0.3 is 0 Å². The van der Waals surface area contributed by atoms with Crippen LogP contribution in [0.25, 0.3) is 0 Å². The lowest BCUT2D eigenvalue weighted by molar-refractivity contribution is -0.130. The standard InChI is InChI=1S/C26H25FN2O5S/c1-5-34-20-12-17(8-11-19(20)33-4)22-21(23(30)25-14(2)28-15(3)35-25)24(31)26(32)29(22)13-16-6-9-18(27)10-7-16/h6-12,22,31H,5,13H2,1-4H3. The number of aliphatic hydroxyl groups excluding tert-OH is 1. The van der Waals surface area contributed by atoms with Crippen LogP contribution in [-0.2, 0) is 11.3 Å². The second-order valence-electron chi connectivity index (χ2n) is 8.04. The predicted octanol–water partition coefficient (Wildman–Crippen LogP) is 5.08. The number of nitrogens with zero attached hydrogens (tertiary/aromatic N) is 2. The Morgan fingerprint density at radius 2 is 1.89 bits per heavy atom. The van der Waals surface area contributed by atoms with Crippen LogP contribution < -0.4 is 9.47 Å². The summed E-state index contributed by atoms with van der Waals surface area (Å²) < 4.78 is 24.5. The maximum absolute atomic E-state index is 13.7. The monoisotopic (exact) mass is 496 g/mol. The number of hydrogen-bond acceptors (Lipinski definition) is 7. The number of ether oxygens (including phenoxy) is 2. The van der Waals surface area contributed by atoms with Gasteiger partial charge in [-0.15, -0.1) is 11.3 Å². The molecule has 1 amide bonds. The molecule has 7 nitrogen and oxygen atoms in total. The van der Waals surface area contributed by atoms with Gasteiger partial charge < -0.3 is 19.5 Å². The first kappa shape index (κ1) is 24.4. The molecule has 2 aromatic carbocycles. The van der Waals surface area contributed by atoms with Crippen molar-refractivity contribution in [2.45, 2.75) is 33.4 Å². The van der Waals surface area contributed by atoms with E-state index in [1.165, 1.54) is 35.5 Å². The summed E-state index contributed by atoms with van der Waals surface area (Å²) in [4.78, 5) is 33.0. The zero-order valence-electron chi connectivity index (χ0n) is 19.8. The third-order valence-electron chi connectivity index (χ3n) is 5.73. The van der Waals surface area contributed by atoms with Gasteiger partial charge in [-0.25, -0.2) is 9.37 Å². The third-order valence-corrected chi connectivity index (χ3v) is 6.80. The van der Waals surface area contributed by atoms with E-state index in [2.05, 4.69) is 4.98 Å². The molecule has 0 fully saturated rings. The molecule has 1 unspecified atom stereocenters. The minimum absolute atomic E-state index is 0.0310. The van der Waals surface area contributed by atoms with Crippen molar-refractivity contribution in [1.82, 2.24) is 9.88 Å². The fourth-order valence-electron chi connectivity index (χ4n) is 4.18. The van der Waals surface area contributed by atoms with Crippen LogP contribution in [0.2, 0.25) is 0 Å². The van der Waals surface area contributed by atoms with Crippen molar-refractivity contribution in [3.63, 3.8) is 0 Å². The minimum Gasteiger partial charge on any atom is -0.503 e. The smallest absolute Gasteiger partial charge is 0.290 e. The van der Waals surface area contributed by atoms with Crippen LogP contribution in [0.15, 0.2) is 53.8 Å². The molecule has 2 heterocycles. The molecule has 1 aliphatic rings. The van der Waals surface area contributed by atoms with Gasteiger partial charge in [0, 0.05) is 6.54 Å². The lowest BCUT2D eigenvalue weighted by atomic mass is 9.94. The Hall–Kier alpha value is -3.72. The molecular formula is C26H25FN2O5S. The number of amides is 1. The van der Waals surface area contributed by atoms with E-state index in [9.17, 15) is 19.1 Å². The van der Waals surface area contributed by atoms with Crippen LogP contribution in [0.5, 0.6) is 11.5 Å². The summed E-state index contributed by atoms with van der Waals surface area (Å²) in [7, 11) is 1.52.